The SMILES string of the molecule is CC(=O)c1ccc(N2CCCC3(CCC(=O)N(CCCO)C3)C2)nc1. The first-order chi connectivity index (χ1) is 12.0. The summed E-state index contributed by atoms with van der Waals surface area (Å²) in [6.45, 7) is 4.93. The number of hydrogen-bond acceptors (Lipinski definition) is 5. The molecule has 1 aromatic rings. The van der Waals surface area contributed by atoms with Gasteiger partial charge in [-0.3, -0.25) is 9.59 Å². The molecule has 136 valence electrons. The highest BCUT2D eigenvalue weighted by Crippen LogP contribution is 2.39. The number of amides is 1. The number of piperidine rings is 2. The van der Waals surface area contributed by atoms with Crippen molar-refractivity contribution in [3.63, 3.8) is 0 Å². The van der Waals surface area contributed by atoms with E-state index in [1.165, 1.54) is 0 Å². The van der Waals surface area contributed by atoms with Gasteiger partial charge in [0.05, 0.1) is 0 Å². The first-order valence-corrected chi connectivity index (χ1v) is 9.14. The van der Waals surface area contributed by atoms with Crippen LogP contribution in [0.3, 0.4) is 0 Å². The summed E-state index contributed by atoms with van der Waals surface area (Å²) in [5.74, 6) is 1.14. The second kappa shape index (κ2) is 7.52. The average molecular weight is 345 g/mol. The molecule has 1 spiro atoms. The van der Waals surface area contributed by atoms with Crippen LogP contribution in [-0.2, 0) is 4.79 Å². The summed E-state index contributed by atoms with van der Waals surface area (Å²) in [6.07, 6.45) is 6.01. The molecule has 0 aliphatic carbocycles. The number of rotatable bonds is 5. The summed E-state index contributed by atoms with van der Waals surface area (Å²) in [6, 6.07) is 3.76. The van der Waals surface area contributed by atoms with E-state index in [0.29, 0.717) is 24.9 Å². The van der Waals surface area contributed by atoms with Gasteiger partial charge in [-0.25, -0.2) is 4.98 Å². The van der Waals surface area contributed by atoms with E-state index in [9.17, 15) is 9.59 Å². The number of aliphatic hydroxyl groups excluding tert-OH is 1. The topological polar surface area (TPSA) is 73.7 Å². The standard InChI is InChI=1S/C19H27N3O3/c1-15(24)16-4-5-17(20-12-16)21-9-2-7-19(13-21)8-6-18(25)22(14-19)10-3-11-23/h4-5,12,23H,2-3,6-11,13-14H2,1H3. The number of likely N-dealkylation sites (tertiary alicyclic amines) is 1. The molecule has 0 bridgehead atoms. The van der Waals surface area contributed by atoms with E-state index in [1.807, 2.05) is 17.0 Å². The maximum Gasteiger partial charge on any atom is 0.222 e. The number of carbonyl (C=O) groups excluding carboxylic acids is 2. The van der Waals surface area contributed by atoms with Crippen molar-refractivity contribution in [1.29, 1.82) is 0 Å². The van der Waals surface area contributed by atoms with Gasteiger partial charge in [0.2, 0.25) is 5.91 Å². The van der Waals surface area contributed by atoms with E-state index >= 15 is 0 Å². The Hall–Kier alpha value is -1.95. The van der Waals surface area contributed by atoms with E-state index in [4.69, 9.17) is 5.11 Å². The van der Waals surface area contributed by atoms with Gasteiger partial charge in [0.1, 0.15) is 5.82 Å². The van der Waals surface area contributed by atoms with E-state index in [-0.39, 0.29) is 23.7 Å². The van der Waals surface area contributed by atoms with Crippen LogP contribution in [0.2, 0.25) is 0 Å². The van der Waals surface area contributed by atoms with Gasteiger partial charge in [-0.1, -0.05) is 0 Å². The van der Waals surface area contributed by atoms with E-state index in [1.54, 1.807) is 13.1 Å². The summed E-state index contributed by atoms with van der Waals surface area (Å²) >= 11 is 0. The third-order valence-electron chi connectivity index (χ3n) is 5.47. The maximum absolute atomic E-state index is 12.2. The lowest BCUT2D eigenvalue weighted by Crippen LogP contribution is -2.54. The zero-order chi connectivity index (χ0) is 17.9. The molecule has 6 heteroatoms. The molecule has 25 heavy (non-hydrogen) atoms. The van der Waals surface area contributed by atoms with Crippen LogP contribution in [0, 0.1) is 5.41 Å². The van der Waals surface area contributed by atoms with Gasteiger partial charge in [0, 0.05) is 56.4 Å². The molecule has 0 aromatic carbocycles. The zero-order valence-electron chi connectivity index (χ0n) is 14.9. The largest absolute Gasteiger partial charge is 0.396 e. The van der Waals surface area contributed by atoms with E-state index < -0.39 is 0 Å². The van der Waals surface area contributed by atoms with Crippen LogP contribution in [0.15, 0.2) is 18.3 Å². The van der Waals surface area contributed by atoms with Crippen LogP contribution in [0.4, 0.5) is 5.82 Å². The Bertz CT molecular complexity index is 631. The third kappa shape index (κ3) is 4.00. The van der Waals surface area contributed by atoms with E-state index in [0.717, 1.165) is 44.7 Å². The Morgan fingerprint density at radius 1 is 1.32 bits per heavy atom. The molecule has 0 radical (unpaired) electrons. The lowest BCUT2D eigenvalue weighted by Gasteiger charge is -2.48. The zero-order valence-corrected chi connectivity index (χ0v) is 14.9. The lowest BCUT2D eigenvalue weighted by molar-refractivity contribution is -0.138. The number of pyridine rings is 1. The molecule has 1 amide bonds. The fraction of sp³-hybridized carbons (Fsp3) is 0.632. The minimum atomic E-state index is 0.0273. The Labute approximate surface area is 148 Å². The van der Waals surface area contributed by atoms with Crippen molar-refractivity contribution in [2.24, 2.45) is 5.41 Å². The molecule has 2 aliphatic rings. The lowest BCUT2D eigenvalue weighted by atomic mass is 9.73. The Morgan fingerprint density at radius 2 is 2.16 bits per heavy atom. The fourth-order valence-corrected chi connectivity index (χ4v) is 4.09. The molecule has 6 nitrogen and oxygen atoms in total. The van der Waals surface area contributed by atoms with Gasteiger partial charge in [0.25, 0.3) is 0 Å². The van der Waals surface area contributed by atoms with Crippen LogP contribution < -0.4 is 4.90 Å². The summed E-state index contributed by atoms with van der Waals surface area (Å²) in [7, 11) is 0. The number of ketones is 1. The monoisotopic (exact) mass is 345 g/mol. The molecular formula is C19H27N3O3. The number of carbonyl (C=O) groups is 2. The Balaban J connectivity index is 1.71. The van der Waals surface area contributed by atoms with Crippen LogP contribution >= 0.6 is 0 Å². The fourth-order valence-electron chi connectivity index (χ4n) is 4.09. The smallest absolute Gasteiger partial charge is 0.222 e. The number of hydrogen-bond donors (Lipinski definition) is 1. The van der Waals surface area contributed by atoms with Crippen molar-refractivity contribution < 1.29 is 14.7 Å². The number of Topliss-reactive ketones (excluding diaryl/α,β-unsaturated/α-hetero) is 1. The summed E-state index contributed by atoms with van der Waals surface area (Å²) in [5.41, 5.74) is 0.747. The molecule has 3 rings (SSSR count). The number of aliphatic hydroxyl groups is 1. The van der Waals surface area contributed by atoms with Gasteiger partial charge in [0.15, 0.2) is 5.78 Å². The summed E-state index contributed by atoms with van der Waals surface area (Å²) in [4.78, 5) is 32.3. The first kappa shape index (κ1) is 17.9. The number of anilines is 1. The summed E-state index contributed by atoms with van der Waals surface area (Å²) < 4.78 is 0. The average Bonchev–Trinajstić information content (AvgIpc) is 2.63. The number of aromatic nitrogens is 1. The van der Waals surface area contributed by atoms with Crippen LogP contribution in [0.1, 0.15) is 49.4 Å². The molecule has 3 heterocycles. The molecule has 1 unspecified atom stereocenters. The van der Waals surface area contributed by atoms with Gasteiger partial charge < -0.3 is 14.9 Å². The predicted molar refractivity (Wildman–Crippen MR) is 95.6 cm³/mol. The minimum absolute atomic E-state index is 0.0273. The number of nitrogens with zero attached hydrogens (tertiary/aromatic N) is 3. The second-order valence-electron chi connectivity index (χ2n) is 7.38. The van der Waals surface area contributed by atoms with Crippen molar-refractivity contribution >= 4 is 17.5 Å². The molecular weight excluding hydrogens is 318 g/mol. The van der Waals surface area contributed by atoms with Gasteiger partial charge in [-0.15, -0.1) is 0 Å². The third-order valence-corrected chi connectivity index (χ3v) is 5.47. The maximum atomic E-state index is 12.2. The second-order valence-corrected chi connectivity index (χ2v) is 7.38. The van der Waals surface area contributed by atoms with Gasteiger partial charge >= 0.3 is 0 Å². The highest BCUT2D eigenvalue weighted by Gasteiger charge is 2.41. The van der Waals surface area contributed by atoms with Crippen LogP contribution in [0.25, 0.3) is 0 Å². The molecule has 2 saturated heterocycles. The van der Waals surface area contributed by atoms with E-state index in [2.05, 4.69) is 9.88 Å². The molecule has 1 aromatic heterocycles. The first-order valence-electron chi connectivity index (χ1n) is 9.14. The molecule has 1 atom stereocenters. The van der Waals surface area contributed by atoms with Gasteiger partial charge in [-0.2, -0.15) is 0 Å². The minimum Gasteiger partial charge on any atom is -0.396 e. The Kier molecular flexibility index (Phi) is 5.37. The van der Waals surface area contributed by atoms with Crippen LogP contribution in [0.5, 0.6) is 0 Å². The molecule has 2 fully saturated rings. The normalized spacial score (nSPS) is 24.0. The highest BCUT2D eigenvalue weighted by molar-refractivity contribution is 5.93. The van der Waals surface area contributed by atoms with Crippen molar-refractivity contribution in [2.45, 2.75) is 39.0 Å². The van der Waals surface area contributed by atoms with Crippen molar-refractivity contribution in [1.82, 2.24) is 9.88 Å². The molecule has 0 saturated carbocycles. The van der Waals surface area contributed by atoms with Crippen LogP contribution in [-0.4, -0.2) is 59.5 Å². The van der Waals surface area contributed by atoms with Crippen molar-refractivity contribution in [3.05, 3.63) is 23.9 Å². The molecule has 1 N–H and O–H groups in total. The van der Waals surface area contributed by atoms with Crippen molar-refractivity contribution in [2.75, 3.05) is 37.7 Å². The predicted octanol–water partition coefficient (Wildman–Crippen LogP) is 1.88. The quantitative estimate of drug-likeness (QED) is 0.825. The van der Waals surface area contributed by atoms with Gasteiger partial charge in [-0.05, 0) is 44.7 Å². The Morgan fingerprint density at radius 3 is 2.84 bits per heavy atom. The highest BCUT2D eigenvalue weighted by atomic mass is 16.3. The molecule has 2 aliphatic heterocycles. The summed E-state index contributed by atoms with van der Waals surface area (Å²) in [5, 5.41) is 9.06. The van der Waals surface area contributed by atoms with Crippen molar-refractivity contribution in [3.8, 4) is 0 Å².